The number of ether oxygens (including phenoxy) is 2. The van der Waals surface area contributed by atoms with Gasteiger partial charge in [-0.25, -0.2) is 9.36 Å². The number of thiophene rings is 1. The van der Waals surface area contributed by atoms with Gasteiger partial charge in [-0.2, -0.15) is 0 Å². The van der Waals surface area contributed by atoms with Crippen molar-refractivity contribution in [2.75, 3.05) is 34.0 Å². The summed E-state index contributed by atoms with van der Waals surface area (Å²) >= 11 is 1.02. The van der Waals surface area contributed by atoms with Gasteiger partial charge in [0.1, 0.15) is 5.76 Å². The second-order valence-corrected chi connectivity index (χ2v) is 11.2. The van der Waals surface area contributed by atoms with Crippen molar-refractivity contribution in [3.8, 4) is 0 Å². The molecule has 0 bridgehead atoms. The standard InChI is InChI=1S/C18H26O10P2S/c1-7-25-29(21,26-8-2)15(18(20)24-6)13-10-12-14(17(19)23-5)30(22,27-9-3)28-11(4)16(12)31-13/h10,15H,7-9H2,1-6H3. The zero-order valence-electron chi connectivity index (χ0n) is 18.2. The van der Waals surface area contributed by atoms with Crippen molar-refractivity contribution in [3.63, 3.8) is 0 Å². The molecule has 0 radical (unpaired) electrons. The van der Waals surface area contributed by atoms with Crippen LogP contribution in [-0.2, 0) is 46.3 Å². The molecule has 174 valence electrons. The minimum absolute atomic E-state index is 0.0199. The first-order chi connectivity index (χ1) is 14.6. The fourth-order valence-corrected chi connectivity index (χ4v) is 8.49. The molecule has 0 spiro atoms. The van der Waals surface area contributed by atoms with E-state index < -0.39 is 32.8 Å². The van der Waals surface area contributed by atoms with Gasteiger partial charge >= 0.3 is 27.1 Å². The lowest BCUT2D eigenvalue weighted by Gasteiger charge is -2.23. The SMILES string of the molecule is CCOP1(=O)OC(C)=c2sc(C(C(=O)OC)P(=O)(OCC)OCC)cc2=C1C(=O)OC. The van der Waals surface area contributed by atoms with Gasteiger partial charge in [-0.15, -0.1) is 11.3 Å². The summed E-state index contributed by atoms with van der Waals surface area (Å²) in [6.07, 6.45) is 0. The van der Waals surface area contributed by atoms with E-state index in [2.05, 4.69) is 0 Å². The number of methoxy groups -OCH3 is 2. The summed E-state index contributed by atoms with van der Waals surface area (Å²) < 4.78 is 58.4. The average Bonchev–Trinajstić information content (AvgIpc) is 3.12. The molecule has 0 fully saturated rings. The monoisotopic (exact) mass is 496 g/mol. The van der Waals surface area contributed by atoms with Crippen molar-refractivity contribution in [1.82, 2.24) is 0 Å². The number of fused-ring (bicyclic) bond motifs is 1. The van der Waals surface area contributed by atoms with Gasteiger partial charge in [0.2, 0.25) is 0 Å². The Balaban J connectivity index is 2.89. The Kier molecular flexibility index (Phi) is 8.67. The van der Waals surface area contributed by atoms with Crippen LogP contribution in [0.5, 0.6) is 0 Å². The second kappa shape index (κ2) is 10.4. The summed E-state index contributed by atoms with van der Waals surface area (Å²) in [5.74, 6) is -1.51. The molecule has 1 aliphatic heterocycles. The van der Waals surface area contributed by atoms with Crippen molar-refractivity contribution in [2.24, 2.45) is 0 Å². The van der Waals surface area contributed by atoms with Gasteiger partial charge in [-0.3, -0.25) is 13.9 Å². The van der Waals surface area contributed by atoms with E-state index in [4.69, 9.17) is 27.6 Å². The van der Waals surface area contributed by atoms with Crippen LogP contribution in [0.1, 0.15) is 38.2 Å². The largest absolute Gasteiger partial charge is 0.468 e. The van der Waals surface area contributed by atoms with E-state index in [0.29, 0.717) is 4.53 Å². The van der Waals surface area contributed by atoms with Crippen molar-refractivity contribution in [1.29, 1.82) is 0 Å². The first-order valence-corrected chi connectivity index (χ1v) is 13.4. The number of rotatable bonds is 10. The third kappa shape index (κ3) is 4.97. The molecule has 0 saturated heterocycles. The normalized spacial score (nSPS) is 19.4. The topological polar surface area (TPSA) is 124 Å². The van der Waals surface area contributed by atoms with Gasteiger partial charge in [0.15, 0.2) is 11.0 Å². The van der Waals surface area contributed by atoms with Crippen LogP contribution >= 0.6 is 26.5 Å². The van der Waals surface area contributed by atoms with Crippen LogP contribution in [0.2, 0.25) is 0 Å². The van der Waals surface area contributed by atoms with E-state index in [-0.39, 0.29) is 41.0 Å². The highest BCUT2D eigenvalue weighted by molar-refractivity contribution is 7.67. The smallest absolute Gasteiger partial charge is 0.418 e. The molecule has 1 aromatic rings. The second-order valence-electron chi connectivity index (χ2n) is 6.10. The van der Waals surface area contributed by atoms with E-state index in [1.807, 2.05) is 0 Å². The molecule has 0 N–H and O–H groups in total. The molecule has 1 aliphatic rings. The van der Waals surface area contributed by atoms with Gasteiger partial charge in [-0.05, 0) is 33.8 Å². The molecule has 0 aromatic carbocycles. The van der Waals surface area contributed by atoms with Crippen LogP contribution in [0.25, 0.3) is 11.1 Å². The Morgan fingerprint density at radius 2 is 1.74 bits per heavy atom. The maximum atomic E-state index is 13.5. The molecule has 1 aromatic heterocycles. The van der Waals surface area contributed by atoms with Crippen LogP contribution in [0.4, 0.5) is 0 Å². The minimum atomic E-state index is -4.03. The molecule has 2 rings (SSSR count). The highest BCUT2D eigenvalue weighted by Crippen LogP contribution is 2.63. The molecule has 0 amide bonds. The first kappa shape index (κ1) is 25.8. The van der Waals surface area contributed by atoms with E-state index in [1.54, 1.807) is 27.7 Å². The number of carbonyl (C=O) groups is 2. The van der Waals surface area contributed by atoms with Crippen LogP contribution < -0.4 is 9.75 Å². The molecule has 2 atom stereocenters. The van der Waals surface area contributed by atoms with Crippen molar-refractivity contribution in [3.05, 3.63) is 20.7 Å². The number of carbonyl (C=O) groups excluding carboxylic acids is 2. The fourth-order valence-electron chi connectivity index (χ4n) is 3.04. The summed E-state index contributed by atoms with van der Waals surface area (Å²) in [6, 6.07) is 1.43. The van der Waals surface area contributed by atoms with Crippen molar-refractivity contribution >= 4 is 49.5 Å². The Bertz CT molecular complexity index is 1050. The molecular formula is C18H26O10P2S. The van der Waals surface area contributed by atoms with Crippen LogP contribution in [0, 0.1) is 0 Å². The maximum Gasteiger partial charge on any atom is 0.418 e. The average molecular weight is 496 g/mol. The van der Waals surface area contributed by atoms with Gasteiger partial charge in [0, 0.05) is 10.1 Å². The number of esters is 2. The first-order valence-electron chi connectivity index (χ1n) is 9.46. The third-order valence-corrected chi connectivity index (χ3v) is 10.1. The Morgan fingerprint density at radius 1 is 1.13 bits per heavy atom. The lowest BCUT2D eigenvalue weighted by atomic mass is 10.3. The molecule has 10 nitrogen and oxygen atoms in total. The highest BCUT2D eigenvalue weighted by atomic mass is 32.1. The summed E-state index contributed by atoms with van der Waals surface area (Å²) in [5.41, 5.74) is -1.41. The highest BCUT2D eigenvalue weighted by Gasteiger charge is 2.46. The summed E-state index contributed by atoms with van der Waals surface area (Å²) in [6.45, 7) is 6.48. The summed E-state index contributed by atoms with van der Waals surface area (Å²) in [4.78, 5) is 25.4. The predicted octanol–water partition coefficient (Wildman–Crippen LogP) is 2.90. The van der Waals surface area contributed by atoms with Gasteiger partial charge in [0.05, 0.1) is 38.6 Å². The van der Waals surface area contributed by atoms with Crippen LogP contribution in [-0.4, -0.2) is 46.0 Å². The van der Waals surface area contributed by atoms with Crippen molar-refractivity contribution < 1.29 is 46.3 Å². The quantitative estimate of drug-likeness (QED) is 0.353. The van der Waals surface area contributed by atoms with Gasteiger partial charge in [-0.1, -0.05) is 0 Å². The summed E-state index contributed by atoms with van der Waals surface area (Å²) in [5, 5.41) is -0.0907. The van der Waals surface area contributed by atoms with E-state index >= 15 is 0 Å². The van der Waals surface area contributed by atoms with Crippen molar-refractivity contribution in [2.45, 2.75) is 33.4 Å². The van der Waals surface area contributed by atoms with E-state index in [9.17, 15) is 18.7 Å². The van der Waals surface area contributed by atoms with Crippen LogP contribution in [0.3, 0.4) is 0 Å². The Morgan fingerprint density at radius 3 is 2.23 bits per heavy atom. The Labute approximate surface area is 184 Å². The fraction of sp³-hybridized carbons (Fsp3) is 0.556. The minimum Gasteiger partial charge on any atom is -0.468 e. The molecule has 0 saturated carbocycles. The molecule has 13 heteroatoms. The Hall–Kier alpha value is -1.48. The van der Waals surface area contributed by atoms with Gasteiger partial charge in [0.25, 0.3) is 0 Å². The molecule has 0 aliphatic carbocycles. The number of hydrogen-bond acceptors (Lipinski definition) is 11. The molecule has 31 heavy (non-hydrogen) atoms. The predicted molar refractivity (Wildman–Crippen MR) is 114 cm³/mol. The molecular weight excluding hydrogens is 470 g/mol. The zero-order chi connectivity index (χ0) is 23.4. The number of hydrogen-bond donors (Lipinski definition) is 0. The van der Waals surface area contributed by atoms with Crippen LogP contribution in [0.15, 0.2) is 6.07 Å². The van der Waals surface area contributed by atoms with Gasteiger partial charge < -0.3 is 23.0 Å². The zero-order valence-corrected chi connectivity index (χ0v) is 20.8. The van der Waals surface area contributed by atoms with E-state index in [0.717, 1.165) is 25.6 Å². The molecule has 2 heterocycles. The van der Waals surface area contributed by atoms with E-state index in [1.165, 1.54) is 6.07 Å². The third-order valence-electron chi connectivity index (χ3n) is 4.16. The molecule has 2 unspecified atom stereocenters. The maximum absolute atomic E-state index is 13.5. The summed E-state index contributed by atoms with van der Waals surface area (Å²) in [7, 11) is -5.73. The lowest BCUT2D eigenvalue weighted by molar-refractivity contribution is -0.140. The lowest BCUT2D eigenvalue weighted by Crippen LogP contribution is -2.31.